The van der Waals surface area contributed by atoms with Gasteiger partial charge < -0.3 is 9.84 Å². The summed E-state index contributed by atoms with van der Waals surface area (Å²) in [5, 5.41) is 18.7. The van der Waals surface area contributed by atoms with Crippen LogP contribution in [0.3, 0.4) is 0 Å². The van der Waals surface area contributed by atoms with Crippen LogP contribution in [0.25, 0.3) is 11.1 Å². The lowest BCUT2D eigenvalue weighted by molar-refractivity contribution is 0.105. The molecule has 1 rings (SSSR count). The second-order valence-electron chi connectivity index (χ2n) is 4.60. The summed E-state index contributed by atoms with van der Waals surface area (Å²) in [6, 6.07) is 9.50. The molecule has 20 heavy (non-hydrogen) atoms. The van der Waals surface area contributed by atoms with Crippen molar-refractivity contribution in [2.24, 2.45) is 0 Å². The van der Waals surface area contributed by atoms with Gasteiger partial charge in [0.15, 0.2) is 4.98 Å². The van der Waals surface area contributed by atoms with Gasteiger partial charge in [0.2, 0.25) is 5.39 Å². The van der Waals surface area contributed by atoms with Crippen LogP contribution in [-0.2, 0) is 4.74 Å². The van der Waals surface area contributed by atoms with Gasteiger partial charge in [-0.2, -0.15) is 0 Å². The van der Waals surface area contributed by atoms with E-state index in [4.69, 9.17) is 10.1 Å². The Hall–Kier alpha value is -2.54. The minimum Gasteiger partial charge on any atom is -0.475 e. The third-order valence-corrected chi connectivity index (χ3v) is 2.84. The van der Waals surface area contributed by atoms with Crippen molar-refractivity contribution < 1.29 is 9.84 Å². The lowest BCUT2D eigenvalue weighted by atomic mass is 10.2. The third kappa shape index (κ3) is 4.99. The maximum atomic E-state index is 9.75. The van der Waals surface area contributed by atoms with E-state index in [1.807, 2.05) is 51.1 Å². The van der Waals surface area contributed by atoms with Crippen molar-refractivity contribution in [1.82, 2.24) is 0 Å². The first-order valence-electron chi connectivity index (χ1n) is 6.31. The van der Waals surface area contributed by atoms with Gasteiger partial charge in [-0.3, -0.25) is 0 Å². The Morgan fingerprint density at radius 2 is 1.90 bits per heavy atom. The molecule has 1 N–H and O–H groups in total. The summed E-state index contributed by atoms with van der Waals surface area (Å²) in [7, 11) is 0. The predicted octanol–water partition coefficient (Wildman–Crippen LogP) is 4.65. The summed E-state index contributed by atoms with van der Waals surface area (Å²) in [5.74, 6) is -0.403. The summed E-state index contributed by atoms with van der Waals surface area (Å²) < 4.78 is 5.18. The van der Waals surface area contributed by atoms with Crippen molar-refractivity contribution in [1.29, 1.82) is 5.39 Å². The molecule has 0 aliphatic heterocycles. The smallest absolute Gasteiger partial charge is 0.464 e. The van der Waals surface area contributed by atoms with E-state index in [0.717, 1.165) is 16.7 Å². The van der Waals surface area contributed by atoms with Crippen LogP contribution in [0.5, 0.6) is 0 Å². The highest BCUT2D eigenvalue weighted by molar-refractivity contribution is 5.53. The molecule has 0 saturated carbocycles. The van der Waals surface area contributed by atoms with E-state index >= 15 is 0 Å². The van der Waals surface area contributed by atoms with E-state index < -0.39 is 5.95 Å². The van der Waals surface area contributed by atoms with Crippen LogP contribution >= 0.6 is 0 Å². The molecule has 4 nitrogen and oxygen atoms in total. The van der Waals surface area contributed by atoms with E-state index in [0.29, 0.717) is 0 Å². The fourth-order valence-electron chi connectivity index (χ4n) is 1.28. The zero-order chi connectivity index (χ0) is 15.0. The number of diazo groups is 1. The van der Waals surface area contributed by atoms with Crippen LogP contribution in [0, 0.1) is 5.39 Å². The predicted molar refractivity (Wildman–Crippen MR) is 80.2 cm³/mol. The molecule has 0 atom stereocenters. The van der Waals surface area contributed by atoms with Crippen molar-refractivity contribution in [3.63, 3.8) is 0 Å². The van der Waals surface area contributed by atoms with Crippen LogP contribution in [0.4, 0.5) is 0 Å². The number of hydrogen-bond acceptors (Lipinski definition) is 3. The Morgan fingerprint density at radius 1 is 1.25 bits per heavy atom. The second-order valence-corrected chi connectivity index (χ2v) is 4.60. The van der Waals surface area contributed by atoms with Crippen LogP contribution in [0.2, 0.25) is 0 Å². The molecule has 0 aliphatic rings. The summed E-state index contributed by atoms with van der Waals surface area (Å²) in [6.07, 6.45) is 3.21. The van der Waals surface area contributed by atoms with E-state index in [1.54, 1.807) is 6.08 Å². The van der Waals surface area contributed by atoms with Crippen molar-refractivity contribution in [2.45, 2.75) is 20.8 Å². The normalized spacial score (nSPS) is 11.7. The molecule has 0 saturated heterocycles. The lowest BCUT2D eigenvalue weighted by Crippen LogP contribution is -1.99. The summed E-state index contributed by atoms with van der Waals surface area (Å²) >= 11 is 0. The molecule has 0 unspecified atom stereocenters. The summed E-state index contributed by atoms with van der Waals surface area (Å²) in [5.41, 5.74) is 3.05. The van der Waals surface area contributed by atoms with Crippen molar-refractivity contribution in [3.8, 4) is 0 Å². The molecular formula is C16H19N2O2+. The number of ether oxygens (including phenoxy) is 1. The first-order valence-corrected chi connectivity index (χ1v) is 6.31. The lowest BCUT2D eigenvalue weighted by Gasteiger charge is -2.04. The van der Waals surface area contributed by atoms with Gasteiger partial charge in [0.25, 0.3) is 0 Å². The molecular weight excluding hydrogens is 252 g/mol. The van der Waals surface area contributed by atoms with Crippen LogP contribution in [0.15, 0.2) is 59.2 Å². The SMILES string of the molecule is CC(C)=C(C)CO/C(O)=C(/C=C/c1ccccc1)[N+]#N. The van der Waals surface area contributed by atoms with Crippen molar-refractivity contribution in [2.75, 3.05) is 6.61 Å². The van der Waals surface area contributed by atoms with E-state index in [-0.39, 0.29) is 12.3 Å². The van der Waals surface area contributed by atoms with Gasteiger partial charge in [-0.05, 0) is 38.0 Å². The molecule has 0 fully saturated rings. The van der Waals surface area contributed by atoms with Gasteiger partial charge in [-0.25, -0.2) is 0 Å². The van der Waals surface area contributed by atoms with E-state index in [2.05, 4.69) is 4.98 Å². The van der Waals surface area contributed by atoms with Gasteiger partial charge in [-0.1, -0.05) is 35.9 Å². The number of allylic oxidation sites excluding steroid dienone is 2. The number of aliphatic hydroxyl groups is 1. The Balaban J connectivity index is 2.79. The Bertz CT molecular complexity index is 574. The minimum atomic E-state index is -0.403. The molecule has 0 heterocycles. The molecule has 0 aliphatic carbocycles. The fraction of sp³-hybridized carbons (Fsp3) is 0.250. The monoisotopic (exact) mass is 271 g/mol. The largest absolute Gasteiger partial charge is 0.475 e. The molecule has 0 bridgehead atoms. The number of nitrogens with zero attached hydrogens (tertiary/aromatic N) is 2. The first kappa shape index (κ1) is 15.5. The molecule has 104 valence electrons. The molecule has 0 spiro atoms. The Morgan fingerprint density at radius 3 is 2.45 bits per heavy atom. The average molecular weight is 271 g/mol. The summed E-state index contributed by atoms with van der Waals surface area (Å²) in [6.45, 7) is 6.10. The van der Waals surface area contributed by atoms with Crippen LogP contribution in [0.1, 0.15) is 26.3 Å². The number of hydrogen-bond donors (Lipinski definition) is 1. The zero-order valence-electron chi connectivity index (χ0n) is 12.0. The van der Waals surface area contributed by atoms with Gasteiger partial charge in [0.1, 0.15) is 6.61 Å². The van der Waals surface area contributed by atoms with Gasteiger partial charge in [-0.15, -0.1) is 0 Å². The zero-order valence-corrected chi connectivity index (χ0v) is 12.0. The van der Waals surface area contributed by atoms with Crippen LogP contribution in [-0.4, -0.2) is 11.7 Å². The van der Waals surface area contributed by atoms with E-state index in [1.165, 1.54) is 6.08 Å². The highest BCUT2D eigenvalue weighted by Gasteiger charge is 2.17. The van der Waals surface area contributed by atoms with Gasteiger partial charge in [0.05, 0.1) is 0 Å². The summed E-state index contributed by atoms with van der Waals surface area (Å²) in [4.78, 5) is 3.03. The molecule has 1 aromatic carbocycles. The second kappa shape index (κ2) is 7.80. The minimum absolute atomic E-state index is 0.0181. The standard InChI is InChI=1S/C16H18N2O2/c1-12(2)13(3)11-20-16(19)15(18-17)10-9-14-7-5-4-6-8-14/h4-10H,11H2,1-3H3/p+1/b10-9+,16-15-. The highest BCUT2D eigenvalue weighted by Crippen LogP contribution is 2.12. The van der Waals surface area contributed by atoms with Crippen molar-refractivity contribution in [3.05, 3.63) is 69.7 Å². The fourth-order valence-corrected chi connectivity index (χ4v) is 1.28. The molecule has 4 heteroatoms. The Labute approximate surface area is 119 Å². The molecule has 0 amide bonds. The Kier molecular flexibility index (Phi) is 6.05. The molecule has 1 aromatic rings. The van der Waals surface area contributed by atoms with Gasteiger partial charge in [0, 0.05) is 6.08 Å². The number of rotatable bonds is 5. The number of aliphatic hydroxyl groups excluding tert-OH is 1. The maximum Gasteiger partial charge on any atom is 0.464 e. The maximum absolute atomic E-state index is 9.75. The first-order chi connectivity index (χ1) is 9.54. The van der Waals surface area contributed by atoms with Crippen molar-refractivity contribution >= 4 is 6.08 Å². The number of benzene rings is 1. The van der Waals surface area contributed by atoms with E-state index in [9.17, 15) is 5.11 Å². The van der Waals surface area contributed by atoms with Crippen LogP contribution < -0.4 is 0 Å². The average Bonchev–Trinajstić information content (AvgIpc) is 2.46. The topological polar surface area (TPSA) is 57.6 Å². The highest BCUT2D eigenvalue weighted by atomic mass is 16.6. The molecule has 0 radical (unpaired) electrons. The third-order valence-electron chi connectivity index (χ3n) is 2.84. The quantitative estimate of drug-likeness (QED) is 0.367. The van der Waals surface area contributed by atoms with Gasteiger partial charge >= 0.3 is 11.6 Å². The molecule has 0 aromatic heterocycles.